The molecule has 1 aromatic heterocycles. The summed E-state index contributed by atoms with van der Waals surface area (Å²) in [6.45, 7) is 4.05. The number of benzene rings is 2. The van der Waals surface area contributed by atoms with Gasteiger partial charge in [-0.1, -0.05) is 24.3 Å². The van der Waals surface area contributed by atoms with Gasteiger partial charge >= 0.3 is 0 Å². The third-order valence-corrected chi connectivity index (χ3v) is 3.97. The number of nitrogens with one attached hydrogen (secondary N) is 2. The van der Waals surface area contributed by atoms with Crippen LogP contribution < -0.4 is 10.6 Å². The van der Waals surface area contributed by atoms with Crippen molar-refractivity contribution < 1.29 is 4.79 Å². The van der Waals surface area contributed by atoms with Crippen LogP contribution in [0.15, 0.2) is 60.9 Å². The Kier molecular flexibility index (Phi) is 4.95. The van der Waals surface area contributed by atoms with Crippen LogP contribution >= 0.6 is 0 Å². The number of aryl methyl sites for hydroxylation is 2. The number of hydrogen-bond donors (Lipinski definition) is 2. The molecule has 0 aliphatic heterocycles. The van der Waals surface area contributed by atoms with Crippen LogP contribution in [0.1, 0.15) is 27.0 Å². The molecule has 0 bridgehead atoms. The molecule has 0 spiro atoms. The fourth-order valence-electron chi connectivity index (χ4n) is 2.54. The summed E-state index contributed by atoms with van der Waals surface area (Å²) in [5, 5.41) is 15.2. The number of amides is 1. The molecule has 0 fully saturated rings. The number of rotatable bonds is 4. The van der Waals surface area contributed by atoms with Crippen molar-refractivity contribution in [2.45, 2.75) is 13.8 Å². The highest BCUT2D eigenvalue weighted by molar-refractivity contribution is 6.05. The number of carbonyl (C=O) groups excluding carboxylic acids is 1. The standard InChI is InChI=1S/C21H18N4O/c1-14-7-8-15(2)20(9-14)24-18-10-17(12-23-13-18)21(26)25-19-6-4-3-5-16(19)11-22/h3-10,12-13,24H,1-2H3,(H,25,26). The second-order valence-electron chi connectivity index (χ2n) is 6.02. The summed E-state index contributed by atoms with van der Waals surface area (Å²) in [7, 11) is 0. The van der Waals surface area contributed by atoms with E-state index in [9.17, 15) is 4.79 Å². The zero-order valence-electron chi connectivity index (χ0n) is 14.6. The van der Waals surface area contributed by atoms with Crippen LogP contribution in [0.25, 0.3) is 0 Å². The Labute approximate surface area is 152 Å². The Bertz CT molecular complexity index is 1000. The lowest BCUT2D eigenvalue weighted by Gasteiger charge is -2.12. The summed E-state index contributed by atoms with van der Waals surface area (Å²) in [6.07, 6.45) is 3.17. The molecule has 1 heterocycles. The zero-order chi connectivity index (χ0) is 18.5. The van der Waals surface area contributed by atoms with Crippen molar-refractivity contribution >= 4 is 23.0 Å². The Morgan fingerprint density at radius 3 is 2.65 bits per heavy atom. The topological polar surface area (TPSA) is 77.8 Å². The average molecular weight is 342 g/mol. The molecule has 26 heavy (non-hydrogen) atoms. The van der Waals surface area contributed by atoms with E-state index >= 15 is 0 Å². The van der Waals surface area contributed by atoms with E-state index in [-0.39, 0.29) is 5.91 Å². The minimum Gasteiger partial charge on any atom is -0.354 e. The maximum Gasteiger partial charge on any atom is 0.257 e. The molecule has 2 aromatic carbocycles. The third kappa shape index (κ3) is 3.87. The summed E-state index contributed by atoms with van der Waals surface area (Å²) in [4.78, 5) is 16.7. The summed E-state index contributed by atoms with van der Waals surface area (Å²) in [5.41, 5.74) is 5.25. The van der Waals surface area contributed by atoms with Gasteiger partial charge in [-0.25, -0.2) is 0 Å². The highest BCUT2D eigenvalue weighted by Crippen LogP contribution is 2.22. The maximum absolute atomic E-state index is 12.5. The highest BCUT2D eigenvalue weighted by atomic mass is 16.1. The summed E-state index contributed by atoms with van der Waals surface area (Å²) in [6, 6.07) is 16.8. The molecule has 3 rings (SSSR count). The van der Waals surface area contributed by atoms with Crippen molar-refractivity contribution in [3.8, 4) is 6.07 Å². The number of carbonyl (C=O) groups is 1. The van der Waals surface area contributed by atoms with E-state index in [4.69, 9.17) is 5.26 Å². The number of para-hydroxylation sites is 1. The minimum absolute atomic E-state index is 0.315. The van der Waals surface area contributed by atoms with E-state index < -0.39 is 0 Å². The van der Waals surface area contributed by atoms with Gasteiger partial charge in [-0.3, -0.25) is 9.78 Å². The third-order valence-electron chi connectivity index (χ3n) is 3.97. The van der Waals surface area contributed by atoms with Crippen molar-refractivity contribution in [2.75, 3.05) is 10.6 Å². The smallest absolute Gasteiger partial charge is 0.257 e. The molecule has 0 radical (unpaired) electrons. The second kappa shape index (κ2) is 7.49. The predicted molar refractivity (Wildman–Crippen MR) is 103 cm³/mol. The molecule has 0 saturated carbocycles. The predicted octanol–water partition coefficient (Wildman–Crippen LogP) is 4.57. The van der Waals surface area contributed by atoms with Gasteiger partial charge in [0.15, 0.2) is 0 Å². The normalized spacial score (nSPS) is 10.0. The van der Waals surface area contributed by atoms with Gasteiger partial charge in [0.2, 0.25) is 0 Å². The van der Waals surface area contributed by atoms with E-state index in [2.05, 4.69) is 27.8 Å². The second-order valence-corrected chi connectivity index (χ2v) is 6.02. The van der Waals surface area contributed by atoms with Gasteiger partial charge in [0.1, 0.15) is 6.07 Å². The maximum atomic E-state index is 12.5. The number of hydrogen-bond acceptors (Lipinski definition) is 4. The molecule has 5 nitrogen and oxygen atoms in total. The molecule has 0 saturated heterocycles. The number of nitrogens with zero attached hydrogens (tertiary/aromatic N) is 2. The molecule has 1 amide bonds. The Morgan fingerprint density at radius 2 is 1.85 bits per heavy atom. The molecular formula is C21H18N4O. The number of aromatic nitrogens is 1. The van der Waals surface area contributed by atoms with Gasteiger partial charge in [0.25, 0.3) is 5.91 Å². The molecule has 2 N–H and O–H groups in total. The Balaban J connectivity index is 1.82. The van der Waals surface area contributed by atoms with Crippen LogP contribution in [0.3, 0.4) is 0 Å². The van der Waals surface area contributed by atoms with Crippen molar-refractivity contribution in [3.63, 3.8) is 0 Å². The Morgan fingerprint density at radius 1 is 1.04 bits per heavy atom. The number of pyridine rings is 1. The first-order chi connectivity index (χ1) is 12.6. The van der Waals surface area contributed by atoms with Crippen LogP contribution in [0, 0.1) is 25.2 Å². The fourth-order valence-corrected chi connectivity index (χ4v) is 2.54. The first-order valence-corrected chi connectivity index (χ1v) is 8.16. The molecule has 0 unspecified atom stereocenters. The number of anilines is 3. The largest absolute Gasteiger partial charge is 0.354 e. The van der Waals surface area contributed by atoms with Gasteiger partial charge in [-0.05, 0) is 49.2 Å². The van der Waals surface area contributed by atoms with E-state index in [1.165, 1.54) is 6.20 Å². The van der Waals surface area contributed by atoms with Crippen LogP contribution in [0.2, 0.25) is 0 Å². The number of nitriles is 1. The van der Waals surface area contributed by atoms with Crippen LogP contribution in [-0.4, -0.2) is 10.9 Å². The van der Waals surface area contributed by atoms with Crippen LogP contribution in [0.5, 0.6) is 0 Å². The molecule has 128 valence electrons. The van der Waals surface area contributed by atoms with Crippen molar-refractivity contribution in [1.82, 2.24) is 4.98 Å². The lowest BCUT2D eigenvalue weighted by atomic mass is 10.1. The van der Waals surface area contributed by atoms with Crippen molar-refractivity contribution in [3.05, 3.63) is 83.2 Å². The summed E-state index contributed by atoms with van der Waals surface area (Å²) < 4.78 is 0. The fraction of sp³-hybridized carbons (Fsp3) is 0.0952. The Hall–Kier alpha value is -3.65. The van der Waals surface area contributed by atoms with E-state index in [1.807, 2.05) is 26.0 Å². The van der Waals surface area contributed by atoms with Gasteiger partial charge < -0.3 is 10.6 Å². The average Bonchev–Trinajstić information content (AvgIpc) is 2.65. The SMILES string of the molecule is Cc1ccc(C)c(Nc2cncc(C(=O)Nc3ccccc3C#N)c2)c1. The van der Waals surface area contributed by atoms with Crippen LogP contribution in [-0.2, 0) is 0 Å². The van der Waals surface area contributed by atoms with Gasteiger partial charge in [-0.15, -0.1) is 0 Å². The van der Waals surface area contributed by atoms with Crippen molar-refractivity contribution in [2.24, 2.45) is 0 Å². The first-order valence-electron chi connectivity index (χ1n) is 8.16. The molecular weight excluding hydrogens is 324 g/mol. The summed E-state index contributed by atoms with van der Waals surface area (Å²) >= 11 is 0. The molecule has 0 aliphatic rings. The lowest BCUT2D eigenvalue weighted by molar-refractivity contribution is 0.102. The molecule has 3 aromatic rings. The lowest BCUT2D eigenvalue weighted by Crippen LogP contribution is -2.13. The minimum atomic E-state index is -0.315. The van der Waals surface area contributed by atoms with Crippen molar-refractivity contribution in [1.29, 1.82) is 5.26 Å². The van der Waals surface area contributed by atoms with E-state index in [0.29, 0.717) is 16.8 Å². The first kappa shape index (κ1) is 17.2. The van der Waals surface area contributed by atoms with Gasteiger partial charge in [-0.2, -0.15) is 5.26 Å². The zero-order valence-corrected chi connectivity index (χ0v) is 14.6. The van der Waals surface area contributed by atoms with Gasteiger partial charge in [0, 0.05) is 11.9 Å². The monoisotopic (exact) mass is 342 g/mol. The molecule has 0 aliphatic carbocycles. The molecule has 5 heteroatoms. The van der Waals surface area contributed by atoms with Gasteiger partial charge in [0.05, 0.1) is 28.7 Å². The quantitative estimate of drug-likeness (QED) is 0.728. The van der Waals surface area contributed by atoms with E-state index in [1.54, 1.807) is 36.5 Å². The summed E-state index contributed by atoms with van der Waals surface area (Å²) in [5.74, 6) is -0.315. The highest BCUT2D eigenvalue weighted by Gasteiger charge is 2.10. The van der Waals surface area contributed by atoms with E-state index in [0.717, 1.165) is 22.5 Å². The molecule has 0 atom stereocenters. The van der Waals surface area contributed by atoms with Crippen LogP contribution in [0.4, 0.5) is 17.1 Å².